The molecule has 0 aromatic carbocycles. The minimum atomic E-state index is -4.44. The Morgan fingerprint density at radius 2 is 1.25 bits per heavy atom. The summed E-state index contributed by atoms with van der Waals surface area (Å²) in [5.74, 6) is -1.53. The van der Waals surface area contributed by atoms with E-state index in [1.807, 2.05) is 21.1 Å². The average Bonchev–Trinajstić information content (AvgIpc) is 3.50. The van der Waals surface area contributed by atoms with Gasteiger partial charge in [-0.15, -0.1) is 0 Å². The van der Waals surface area contributed by atoms with Gasteiger partial charge in [0, 0.05) is 25.2 Å². The Hall–Kier alpha value is -1.92. The Morgan fingerprint density at radius 1 is 0.730 bits per heavy atom. The zero-order valence-electron chi connectivity index (χ0n) is 40.5. The molecule has 12 nitrogen and oxygen atoms in total. The summed E-state index contributed by atoms with van der Waals surface area (Å²) in [5, 5.41) is 20.8. The number of carbonyl (C=O) groups excluding carboxylic acids is 3. The Morgan fingerprint density at radius 3 is 1.84 bits per heavy atom. The van der Waals surface area contributed by atoms with E-state index >= 15 is 0 Å². The summed E-state index contributed by atoms with van der Waals surface area (Å²) < 4.78 is 34.4. The lowest BCUT2D eigenvalue weighted by Crippen LogP contribution is -2.37. The number of quaternary nitrogens is 1. The van der Waals surface area contributed by atoms with Gasteiger partial charge in [-0.3, -0.25) is 23.4 Å². The molecule has 1 rings (SSSR count). The number of hydrogen-bond acceptors (Lipinski definition) is 10. The third-order valence-corrected chi connectivity index (χ3v) is 12.8. The molecule has 13 heteroatoms. The van der Waals surface area contributed by atoms with E-state index in [2.05, 4.69) is 26.0 Å². The van der Waals surface area contributed by atoms with Crippen molar-refractivity contribution in [3.05, 3.63) is 24.3 Å². The molecular weight excluding hydrogens is 822 g/mol. The lowest BCUT2D eigenvalue weighted by atomic mass is 9.88. The van der Waals surface area contributed by atoms with Crippen molar-refractivity contribution in [2.24, 2.45) is 11.8 Å². The van der Waals surface area contributed by atoms with E-state index in [1.165, 1.54) is 83.5 Å². The summed E-state index contributed by atoms with van der Waals surface area (Å²) in [4.78, 5) is 48.3. The topological polar surface area (TPSA) is 166 Å². The first-order valence-corrected chi connectivity index (χ1v) is 26.7. The number of nitrogens with zero attached hydrogens (tertiary/aromatic N) is 1. The first-order chi connectivity index (χ1) is 30.2. The molecule has 1 aliphatic carbocycles. The van der Waals surface area contributed by atoms with Gasteiger partial charge in [-0.1, -0.05) is 154 Å². The van der Waals surface area contributed by atoms with Crippen LogP contribution in [0.4, 0.5) is 0 Å². The molecule has 0 bridgehead atoms. The van der Waals surface area contributed by atoms with Crippen LogP contribution < -0.4 is 0 Å². The Kier molecular flexibility index (Phi) is 34.9. The number of allylic oxidation sites excluding steroid dienone is 3. The van der Waals surface area contributed by atoms with Crippen LogP contribution in [0.3, 0.4) is 0 Å². The van der Waals surface area contributed by atoms with Crippen LogP contribution in [0.15, 0.2) is 24.3 Å². The smallest absolute Gasteiger partial charge is 0.462 e. The summed E-state index contributed by atoms with van der Waals surface area (Å²) in [6, 6.07) is 0. The lowest BCUT2D eigenvalue weighted by molar-refractivity contribution is -0.870. The van der Waals surface area contributed by atoms with E-state index in [9.17, 15) is 34.1 Å². The molecule has 1 aliphatic rings. The van der Waals surface area contributed by atoms with E-state index in [0.717, 1.165) is 57.8 Å². The normalized spacial score (nSPS) is 18.9. The highest BCUT2D eigenvalue weighted by Gasteiger charge is 2.39. The molecule has 1 unspecified atom stereocenters. The van der Waals surface area contributed by atoms with Crippen LogP contribution in [-0.4, -0.2) is 103 Å². The molecule has 0 heterocycles. The third-order valence-electron chi connectivity index (χ3n) is 11.9. The Balaban J connectivity index is 2.40. The number of hydrogen-bond donors (Lipinski definition) is 3. The highest BCUT2D eigenvalue weighted by atomic mass is 31.2. The minimum Gasteiger partial charge on any atom is -0.462 e. The summed E-state index contributed by atoms with van der Waals surface area (Å²) in [5.41, 5.74) is 0. The van der Waals surface area contributed by atoms with Crippen molar-refractivity contribution in [1.82, 2.24) is 0 Å². The van der Waals surface area contributed by atoms with Gasteiger partial charge in [-0.2, -0.15) is 0 Å². The van der Waals surface area contributed by atoms with Crippen molar-refractivity contribution in [1.29, 1.82) is 0 Å². The summed E-state index contributed by atoms with van der Waals surface area (Å²) in [6.07, 6.45) is 34.1. The van der Waals surface area contributed by atoms with Crippen molar-refractivity contribution in [2.45, 2.75) is 218 Å². The predicted molar refractivity (Wildman–Crippen MR) is 253 cm³/mol. The van der Waals surface area contributed by atoms with Crippen LogP contribution in [0.5, 0.6) is 0 Å². The number of unbranched alkanes of at least 4 members (excludes halogenated alkanes) is 20. The molecule has 0 aromatic heterocycles. The highest BCUT2D eigenvalue weighted by Crippen LogP contribution is 2.43. The molecule has 6 atom stereocenters. The fourth-order valence-corrected chi connectivity index (χ4v) is 8.60. The van der Waals surface area contributed by atoms with Crippen LogP contribution in [0.2, 0.25) is 0 Å². The first kappa shape index (κ1) is 59.1. The minimum absolute atomic E-state index is 0.00375. The second-order valence-corrected chi connectivity index (χ2v) is 20.4. The molecule has 3 N–H and O–H groups in total. The van der Waals surface area contributed by atoms with E-state index in [0.29, 0.717) is 36.7 Å². The number of ether oxygens (including phenoxy) is 2. The van der Waals surface area contributed by atoms with Crippen molar-refractivity contribution < 1.29 is 57.1 Å². The van der Waals surface area contributed by atoms with E-state index in [-0.39, 0.29) is 44.2 Å². The van der Waals surface area contributed by atoms with E-state index < -0.39 is 50.6 Å². The van der Waals surface area contributed by atoms with Crippen LogP contribution >= 0.6 is 7.82 Å². The van der Waals surface area contributed by atoms with E-state index in [4.69, 9.17) is 18.5 Å². The maximum atomic E-state index is 12.9. The molecule has 0 spiro atoms. The summed E-state index contributed by atoms with van der Waals surface area (Å²) >= 11 is 0. The van der Waals surface area contributed by atoms with Crippen molar-refractivity contribution in [2.75, 3.05) is 47.5 Å². The maximum absolute atomic E-state index is 12.9. The molecule has 1 saturated carbocycles. The number of phosphoric ester groups is 1. The quantitative estimate of drug-likeness (QED) is 0.0175. The van der Waals surface area contributed by atoms with Crippen LogP contribution in [-0.2, 0) is 37.5 Å². The van der Waals surface area contributed by atoms with Gasteiger partial charge in [0.05, 0.1) is 40.0 Å². The highest BCUT2D eigenvalue weighted by molar-refractivity contribution is 7.47. The summed E-state index contributed by atoms with van der Waals surface area (Å²) in [7, 11) is 1.33. The van der Waals surface area contributed by atoms with Crippen molar-refractivity contribution in [3.8, 4) is 0 Å². The van der Waals surface area contributed by atoms with Crippen molar-refractivity contribution >= 4 is 25.5 Å². The molecule has 0 radical (unpaired) electrons. The standard InChI is InChI=1S/C50H92NO11P/c1-6-8-10-11-12-13-14-15-16-17-18-19-20-21-22-23-24-25-30-34-49(55)59-41-44(42-61-63(57,58)60-39-38-51(3,4)5)62-50(56)35-31-27-26-29-33-45-46(48(54)40-47(45)53)37-36-43(52)32-28-9-7-2/h15-16,36-37,43-47,52-53H,6-14,17-35,38-42H2,1-5H3/p+1/b16-15-,37-36+/t43-,44+,45+,46+,47-/m0/s1. The van der Waals surface area contributed by atoms with Gasteiger partial charge in [0.1, 0.15) is 25.5 Å². The van der Waals surface area contributed by atoms with Gasteiger partial charge < -0.3 is 29.1 Å². The number of ketones is 1. The lowest BCUT2D eigenvalue weighted by Gasteiger charge is -2.24. The third kappa shape index (κ3) is 34.1. The molecular formula is C50H93NO11P+. The monoisotopic (exact) mass is 915 g/mol. The molecule has 63 heavy (non-hydrogen) atoms. The first-order valence-electron chi connectivity index (χ1n) is 25.2. The number of phosphoric acid groups is 1. The number of Topliss-reactive ketones (excluding diaryl/α,β-unsaturated/α-hetero) is 1. The largest absolute Gasteiger partial charge is 0.472 e. The Labute approximate surface area is 383 Å². The van der Waals surface area contributed by atoms with Crippen molar-refractivity contribution in [3.63, 3.8) is 0 Å². The zero-order valence-corrected chi connectivity index (χ0v) is 41.4. The summed E-state index contributed by atoms with van der Waals surface area (Å²) in [6.45, 7) is 4.06. The Bertz CT molecular complexity index is 1290. The fourth-order valence-electron chi connectivity index (χ4n) is 7.86. The number of likely N-dealkylation sites (N-methyl/N-ethyl adjacent to an activating group) is 1. The SMILES string of the molecule is CCCCCCCC/C=C\CCCCCCCCCCCC(=O)OC[C@H](COP(=O)(O)OCC[N+](C)(C)C)OC(=O)CCCCCC[C@H]1[C@@H](O)CC(=O)[C@@H]1/C=C/[C@@H](O)CCCCC. The van der Waals surface area contributed by atoms with Gasteiger partial charge in [0.25, 0.3) is 0 Å². The average molecular weight is 915 g/mol. The van der Waals surface area contributed by atoms with Crippen LogP contribution in [0, 0.1) is 11.8 Å². The molecule has 0 amide bonds. The van der Waals surface area contributed by atoms with Gasteiger partial charge in [0.15, 0.2) is 6.10 Å². The van der Waals surface area contributed by atoms with Gasteiger partial charge in [-0.25, -0.2) is 4.57 Å². The van der Waals surface area contributed by atoms with E-state index in [1.54, 1.807) is 12.2 Å². The predicted octanol–water partition coefficient (Wildman–Crippen LogP) is 11.3. The number of rotatable bonds is 42. The molecule has 368 valence electrons. The van der Waals surface area contributed by atoms with Gasteiger partial charge >= 0.3 is 19.8 Å². The number of carbonyl (C=O) groups is 3. The molecule has 1 fully saturated rings. The fraction of sp³-hybridized carbons (Fsp3) is 0.860. The second-order valence-electron chi connectivity index (χ2n) is 19.0. The van der Waals surface area contributed by atoms with Gasteiger partial charge in [-0.05, 0) is 57.3 Å². The molecule has 0 aromatic rings. The van der Waals surface area contributed by atoms with Gasteiger partial charge in [0.2, 0.25) is 0 Å². The number of esters is 2. The number of aliphatic hydroxyl groups is 2. The molecule has 0 saturated heterocycles. The van der Waals surface area contributed by atoms with Crippen LogP contribution in [0.25, 0.3) is 0 Å². The van der Waals surface area contributed by atoms with Crippen LogP contribution in [0.1, 0.15) is 200 Å². The zero-order chi connectivity index (χ0) is 46.6. The second kappa shape index (κ2) is 37.2. The molecule has 0 aliphatic heterocycles. The maximum Gasteiger partial charge on any atom is 0.472 e. The number of aliphatic hydroxyl groups excluding tert-OH is 2.